The number of aliphatic hydroxyl groups excluding tert-OH is 1. The van der Waals surface area contributed by atoms with Gasteiger partial charge in [0.05, 0.1) is 5.92 Å². The molecule has 1 unspecified atom stereocenters. The summed E-state index contributed by atoms with van der Waals surface area (Å²) in [5.74, 6) is 0.764. The van der Waals surface area contributed by atoms with E-state index >= 15 is 0 Å². The summed E-state index contributed by atoms with van der Waals surface area (Å²) in [6.45, 7) is 1.87. The van der Waals surface area contributed by atoms with Crippen LogP contribution in [0.15, 0.2) is 24.3 Å². The monoisotopic (exact) mass is 245 g/mol. The number of hydrogen-bond donors (Lipinski definition) is 1. The molecule has 1 aromatic carbocycles. The van der Waals surface area contributed by atoms with Crippen LogP contribution in [0.25, 0.3) is 0 Å². The summed E-state index contributed by atoms with van der Waals surface area (Å²) in [6.07, 6.45) is 2.78. The van der Waals surface area contributed by atoms with E-state index in [1.165, 1.54) is 11.1 Å². The van der Waals surface area contributed by atoms with Crippen LogP contribution in [0.1, 0.15) is 29.9 Å². The summed E-state index contributed by atoms with van der Waals surface area (Å²) < 4.78 is 0. The van der Waals surface area contributed by atoms with Crippen molar-refractivity contribution in [1.82, 2.24) is 4.90 Å². The van der Waals surface area contributed by atoms with Gasteiger partial charge in [0.1, 0.15) is 0 Å². The molecular weight excluding hydrogens is 226 g/mol. The van der Waals surface area contributed by atoms with Gasteiger partial charge in [0.2, 0.25) is 5.91 Å². The lowest BCUT2D eigenvalue weighted by atomic mass is 9.76. The lowest BCUT2D eigenvalue weighted by Gasteiger charge is -2.37. The standard InChI is InChI=1S/C15H19NO2/c17-10-11-5-7-16(8-6-11)15(18)14-9-12-3-1-2-4-13(12)14/h1-4,11,14,17H,5-10H2. The fourth-order valence-electron chi connectivity index (χ4n) is 3.04. The zero-order valence-corrected chi connectivity index (χ0v) is 10.5. The average molecular weight is 245 g/mol. The number of benzene rings is 1. The quantitative estimate of drug-likeness (QED) is 0.859. The van der Waals surface area contributed by atoms with Crippen LogP contribution in [-0.2, 0) is 11.2 Å². The molecule has 1 atom stereocenters. The predicted octanol–water partition coefficient (Wildman–Crippen LogP) is 1.56. The van der Waals surface area contributed by atoms with Crippen LogP contribution < -0.4 is 0 Å². The first-order valence-electron chi connectivity index (χ1n) is 6.77. The number of piperidine rings is 1. The van der Waals surface area contributed by atoms with Gasteiger partial charge in [-0.2, -0.15) is 0 Å². The first-order valence-corrected chi connectivity index (χ1v) is 6.77. The Labute approximate surface area is 107 Å². The van der Waals surface area contributed by atoms with Crippen molar-refractivity contribution in [2.75, 3.05) is 19.7 Å². The zero-order chi connectivity index (χ0) is 12.5. The zero-order valence-electron chi connectivity index (χ0n) is 10.5. The Balaban J connectivity index is 1.64. The molecule has 3 heteroatoms. The molecule has 0 bridgehead atoms. The van der Waals surface area contributed by atoms with E-state index in [1.807, 2.05) is 17.0 Å². The van der Waals surface area contributed by atoms with Crippen LogP contribution in [0.2, 0.25) is 0 Å². The van der Waals surface area contributed by atoms with Gasteiger partial charge in [-0.1, -0.05) is 24.3 Å². The van der Waals surface area contributed by atoms with Crippen molar-refractivity contribution in [3.8, 4) is 0 Å². The minimum atomic E-state index is 0.0897. The topological polar surface area (TPSA) is 40.5 Å². The normalized spacial score (nSPS) is 23.4. The summed E-state index contributed by atoms with van der Waals surface area (Å²) in [7, 11) is 0. The van der Waals surface area contributed by atoms with E-state index in [2.05, 4.69) is 12.1 Å². The van der Waals surface area contributed by atoms with Gasteiger partial charge in [0.15, 0.2) is 0 Å². The molecule has 2 aliphatic rings. The van der Waals surface area contributed by atoms with Gasteiger partial charge in [0.25, 0.3) is 0 Å². The van der Waals surface area contributed by atoms with E-state index in [9.17, 15) is 4.79 Å². The molecule has 1 aromatic rings. The van der Waals surface area contributed by atoms with E-state index in [1.54, 1.807) is 0 Å². The number of nitrogens with zero attached hydrogens (tertiary/aromatic N) is 1. The first-order chi connectivity index (χ1) is 8.79. The number of hydrogen-bond acceptors (Lipinski definition) is 2. The number of carbonyl (C=O) groups excluding carboxylic acids is 1. The second-order valence-electron chi connectivity index (χ2n) is 5.41. The molecule has 1 heterocycles. The third kappa shape index (κ3) is 1.93. The average Bonchev–Trinajstić information content (AvgIpc) is 2.40. The number of carbonyl (C=O) groups is 1. The van der Waals surface area contributed by atoms with E-state index in [4.69, 9.17) is 5.11 Å². The van der Waals surface area contributed by atoms with Crippen molar-refractivity contribution in [1.29, 1.82) is 0 Å². The van der Waals surface area contributed by atoms with E-state index < -0.39 is 0 Å². The van der Waals surface area contributed by atoms with Crippen LogP contribution in [0.3, 0.4) is 0 Å². The Morgan fingerprint density at radius 1 is 1.28 bits per heavy atom. The van der Waals surface area contributed by atoms with Crippen LogP contribution >= 0.6 is 0 Å². The van der Waals surface area contributed by atoms with Gasteiger partial charge in [-0.15, -0.1) is 0 Å². The van der Waals surface area contributed by atoms with Gasteiger partial charge < -0.3 is 10.0 Å². The van der Waals surface area contributed by atoms with E-state index in [-0.39, 0.29) is 18.4 Å². The number of amides is 1. The van der Waals surface area contributed by atoms with Crippen molar-refractivity contribution >= 4 is 5.91 Å². The molecule has 0 radical (unpaired) electrons. The van der Waals surface area contributed by atoms with Crippen molar-refractivity contribution in [2.24, 2.45) is 5.92 Å². The smallest absolute Gasteiger partial charge is 0.230 e. The Morgan fingerprint density at radius 2 is 2.00 bits per heavy atom. The highest BCUT2D eigenvalue weighted by atomic mass is 16.3. The molecule has 3 nitrogen and oxygen atoms in total. The maximum Gasteiger partial charge on any atom is 0.230 e. The lowest BCUT2D eigenvalue weighted by Crippen LogP contribution is -2.44. The van der Waals surface area contributed by atoms with Crippen LogP contribution in [0, 0.1) is 5.92 Å². The molecule has 96 valence electrons. The van der Waals surface area contributed by atoms with E-state index in [0.29, 0.717) is 5.92 Å². The molecule has 1 amide bonds. The molecule has 1 saturated heterocycles. The van der Waals surface area contributed by atoms with Gasteiger partial charge in [-0.3, -0.25) is 4.79 Å². The van der Waals surface area contributed by atoms with Gasteiger partial charge in [0, 0.05) is 19.7 Å². The summed E-state index contributed by atoms with van der Waals surface area (Å²) in [4.78, 5) is 14.4. The molecule has 0 aromatic heterocycles. The minimum absolute atomic E-state index is 0.0897. The molecule has 18 heavy (non-hydrogen) atoms. The second kappa shape index (κ2) is 4.73. The Morgan fingerprint density at radius 3 is 2.67 bits per heavy atom. The lowest BCUT2D eigenvalue weighted by molar-refractivity contribution is -0.135. The molecule has 1 N–H and O–H groups in total. The maximum absolute atomic E-state index is 12.4. The summed E-state index contributed by atoms with van der Waals surface area (Å²) >= 11 is 0. The highest BCUT2D eigenvalue weighted by Gasteiger charge is 2.35. The van der Waals surface area contributed by atoms with Crippen LogP contribution in [-0.4, -0.2) is 35.6 Å². The molecule has 1 aliphatic heterocycles. The molecule has 0 saturated carbocycles. The SMILES string of the molecule is O=C(C1Cc2ccccc21)N1CCC(CO)CC1. The first kappa shape index (κ1) is 11.7. The van der Waals surface area contributed by atoms with Crippen molar-refractivity contribution in [3.05, 3.63) is 35.4 Å². The number of rotatable bonds is 2. The predicted molar refractivity (Wildman–Crippen MR) is 69.3 cm³/mol. The van der Waals surface area contributed by atoms with E-state index in [0.717, 1.165) is 32.4 Å². The largest absolute Gasteiger partial charge is 0.396 e. The van der Waals surface area contributed by atoms with Crippen LogP contribution in [0.4, 0.5) is 0 Å². The Hall–Kier alpha value is -1.35. The van der Waals surface area contributed by atoms with Crippen molar-refractivity contribution in [2.45, 2.75) is 25.2 Å². The molecule has 1 aliphatic carbocycles. The Kier molecular flexibility index (Phi) is 3.08. The fourth-order valence-corrected chi connectivity index (χ4v) is 3.04. The Bertz CT molecular complexity index is 450. The molecule has 0 spiro atoms. The maximum atomic E-state index is 12.4. The van der Waals surface area contributed by atoms with Gasteiger partial charge in [-0.05, 0) is 36.3 Å². The highest BCUT2D eigenvalue weighted by Crippen LogP contribution is 2.36. The number of fused-ring (bicyclic) bond motifs is 1. The van der Waals surface area contributed by atoms with Crippen LogP contribution in [0.5, 0.6) is 0 Å². The van der Waals surface area contributed by atoms with Gasteiger partial charge >= 0.3 is 0 Å². The number of likely N-dealkylation sites (tertiary alicyclic amines) is 1. The summed E-state index contributed by atoms with van der Waals surface area (Å²) in [6, 6.07) is 8.22. The second-order valence-corrected chi connectivity index (χ2v) is 5.41. The minimum Gasteiger partial charge on any atom is -0.396 e. The molecular formula is C15H19NO2. The highest BCUT2D eigenvalue weighted by molar-refractivity contribution is 5.87. The van der Waals surface area contributed by atoms with Crippen molar-refractivity contribution in [3.63, 3.8) is 0 Å². The number of aliphatic hydroxyl groups is 1. The third-order valence-electron chi connectivity index (χ3n) is 4.34. The van der Waals surface area contributed by atoms with Crippen molar-refractivity contribution < 1.29 is 9.90 Å². The van der Waals surface area contributed by atoms with Gasteiger partial charge in [-0.25, -0.2) is 0 Å². The molecule has 1 fully saturated rings. The fraction of sp³-hybridized carbons (Fsp3) is 0.533. The summed E-state index contributed by atoms with van der Waals surface area (Å²) in [5.41, 5.74) is 2.54. The molecule has 3 rings (SSSR count). The summed E-state index contributed by atoms with van der Waals surface area (Å²) in [5, 5.41) is 9.11. The third-order valence-corrected chi connectivity index (χ3v) is 4.34.